The van der Waals surface area contributed by atoms with E-state index in [-0.39, 0.29) is 17.9 Å². The lowest BCUT2D eigenvalue weighted by Gasteiger charge is -2.50. The van der Waals surface area contributed by atoms with Gasteiger partial charge in [-0.25, -0.2) is 0 Å². The first-order valence-corrected chi connectivity index (χ1v) is 7.05. The van der Waals surface area contributed by atoms with Gasteiger partial charge in [-0.05, 0) is 31.4 Å². The summed E-state index contributed by atoms with van der Waals surface area (Å²) in [4.78, 5) is 13.2. The number of benzene rings is 1. The van der Waals surface area contributed by atoms with Crippen molar-refractivity contribution in [1.82, 2.24) is 5.32 Å². The van der Waals surface area contributed by atoms with Crippen molar-refractivity contribution in [2.45, 2.75) is 32.2 Å². The minimum atomic E-state index is -0.530. The first-order valence-electron chi connectivity index (χ1n) is 6.64. The van der Waals surface area contributed by atoms with Crippen LogP contribution in [0.4, 0.5) is 0 Å². The molecule has 1 N–H and O–H groups in total. The summed E-state index contributed by atoms with van der Waals surface area (Å²) in [5.41, 5.74) is 1.91. The van der Waals surface area contributed by atoms with Crippen LogP contribution >= 0.6 is 12.2 Å². The molecule has 1 aliphatic carbocycles. The molecule has 100 valence electrons. The minimum absolute atomic E-state index is 0.0692. The molecule has 3 aliphatic rings. The maximum absolute atomic E-state index is 12.3. The Balaban J connectivity index is 2.07. The fourth-order valence-corrected chi connectivity index (χ4v) is 3.63. The molecule has 2 bridgehead atoms. The van der Waals surface area contributed by atoms with Crippen molar-refractivity contribution in [2.75, 3.05) is 6.61 Å². The van der Waals surface area contributed by atoms with E-state index in [0.29, 0.717) is 6.61 Å². The smallest absolute Gasteiger partial charge is 0.314 e. The number of ether oxygens (including phenoxy) is 1. The fraction of sp³-hybridized carbons (Fsp3) is 0.467. The summed E-state index contributed by atoms with van der Waals surface area (Å²) in [5, 5.41) is 3.33. The summed E-state index contributed by atoms with van der Waals surface area (Å²) >= 11 is 5.42. The Morgan fingerprint density at radius 1 is 1.47 bits per heavy atom. The maximum atomic E-state index is 12.3. The van der Waals surface area contributed by atoms with E-state index in [1.54, 1.807) is 0 Å². The number of nitrogens with one attached hydrogen (secondary N) is 1. The van der Waals surface area contributed by atoms with E-state index in [1.165, 1.54) is 11.1 Å². The monoisotopic (exact) mass is 275 g/mol. The van der Waals surface area contributed by atoms with Gasteiger partial charge in [0.25, 0.3) is 0 Å². The third-order valence-corrected chi connectivity index (χ3v) is 4.69. The summed E-state index contributed by atoms with van der Waals surface area (Å²) < 4.78 is 5.27. The average Bonchev–Trinajstić information content (AvgIpc) is 2.41. The Morgan fingerprint density at radius 3 is 2.84 bits per heavy atom. The number of esters is 1. The number of hydrogen-bond donors (Lipinski definition) is 1. The number of carbonyl (C=O) groups excluding carboxylic acids is 1. The van der Waals surface area contributed by atoms with E-state index >= 15 is 0 Å². The number of piperidine rings is 1. The molecule has 1 aromatic carbocycles. The highest BCUT2D eigenvalue weighted by atomic mass is 32.1. The van der Waals surface area contributed by atoms with E-state index in [9.17, 15) is 4.79 Å². The second kappa shape index (κ2) is 4.30. The molecule has 3 atom stereocenters. The van der Waals surface area contributed by atoms with Gasteiger partial charge in [-0.1, -0.05) is 36.5 Å². The Morgan fingerprint density at radius 2 is 2.16 bits per heavy atom. The summed E-state index contributed by atoms with van der Waals surface area (Å²) in [6.45, 7) is 4.24. The number of fused-ring (bicyclic) bond motifs is 2. The van der Waals surface area contributed by atoms with E-state index in [4.69, 9.17) is 17.0 Å². The van der Waals surface area contributed by atoms with Gasteiger partial charge in [0.05, 0.1) is 23.1 Å². The molecule has 0 saturated carbocycles. The topological polar surface area (TPSA) is 38.3 Å². The van der Waals surface area contributed by atoms with Gasteiger partial charge < -0.3 is 10.1 Å². The van der Waals surface area contributed by atoms with Gasteiger partial charge in [-0.2, -0.15) is 0 Å². The molecule has 1 saturated heterocycles. The molecule has 4 heteroatoms. The largest absolute Gasteiger partial charge is 0.466 e. The third kappa shape index (κ3) is 1.70. The number of rotatable bonds is 2. The lowest BCUT2D eigenvalue weighted by Crippen LogP contribution is -2.55. The number of hydrogen-bond acceptors (Lipinski definition) is 3. The molecular formula is C15H17NO2S. The zero-order chi connectivity index (χ0) is 13.6. The molecule has 1 aromatic rings. The highest BCUT2D eigenvalue weighted by Crippen LogP contribution is 2.53. The zero-order valence-electron chi connectivity index (χ0n) is 11.1. The van der Waals surface area contributed by atoms with Crippen molar-refractivity contribution in [1.29, 1.82) is 0 Å². The highest BCUT2D eigenvalue weighted by molar-refractivity contribution is 7.80. The second-order valence-electron chi connectivity index (χ2n) is 5.47. The fourth-order valence-electron chi connectivity index (χ4n) is 3.30. The van der Waals surface area contributed by atoms with Crippen LogP contribution in [0.2, 0.25) is 0 Å². The van der Waals surface area contributed by atoms with Crippen LogP contribution < -0.4 is 5.32 Å². The minimum Gasteiger partial charge on any atom is -0.466 e. The molecule has 0 spiro atoms. The van der Waals surface area contributed by atoms with E-state index in [0.717, 1.165) is 11.4 Å². The van der Waals surface area contributed by atoms with Gasteiger partial charge in [0.1, 0.15) is 0 Å². The molecule has 0 aromatic heterocycles. The predicted octanol–water partition coefficient (Wildman–Crippen LogP) is 2.72. The Kier molecular flexibility index (Phi) is 2.86. The summed E-state index contributed by atoms with van der Waals surface area (Å²) in [7, 11) is 0. The van der Waals surface area contributed by atoms with Crippen LogP contribution in [0, 0.1) is 5.41 Å². The molecular weight excluding hydrogens is 258 g/mol. The second-order valence-corrected chi connectivity index (χ2v) is 5.90. The summed E-state index contributed by atoms with van der Waals surface area (Å²) in [6.07, 6.45) is 0.735. The molecule has 4 rings (SSSR count). The van der Waals surface area contributed by atoms with E-state index < -0.39 is 5.41 Å². The lowest BCUT2D eigenvalue weighted by molar-refractivity contribution is -0.158. The van der Waals surface area contributed by atoms with E-state index in [1.807, 2.05) is 26.0 Å². The third-order valence-electron chi connectivity index (χ3n) is 4.29. The van der Waals surface area contributed by atoms with Crippen molar-refractivity contribution in [2.24, 2.45) is 5.41 Å². The number of carbonyl (C=O) groups is 1. The molecule has 19 heavy (non-hydrogen) atoms. The molecule has 2 aliphatic heterocycles. The van der Waals surface area contributed by atoms with Crippen LogP contribution in [0.15, 0.2) is 24.3 Å². The Hall–Kier alpha value is -1.42. The van der Waals surface area contributed by atoms with Crippen molar-refractivity contribution < 1.29 is 9.53 Å². The van der Waals surface area contributed by atoms with Gasteiger partial charge in [-0.3, -0.25) is 4.79 Å². The van der Waals surface area contributed by atoms with Crippen LogP contribution in [-0.2, 0) is 9.53 Å². The molecule has 0 radical (unpaired) electrons. The van der Waals surface area contributed by atoms with Crippen LogP contribution in [0.25, 0.3) is 0 Å². The summed E-state index contributed by atoms with van der Waals surface area (Å²) in [6, 6.07) is 8.17. The van der Waals surface area contributed by atoms with Crippen molar-refractivity contribution >= 4 is 23.2 Å². The first-order chi connectivity index (χ1) is 9.08. The standard InChI is InChI=1S/C15H17NO2S/c1-3-18-14(17)15(2)8-11-9-6-4-5-7-10(9)12(15)16-13(11)19/h4-7,11-12H,3,8H2,1-2H3,(H,16,19). The van der Waals surface area contributed by atoms with Gasteiger partial charge >= 0.3 is 5.97 Å². The first kappa shape index (κ1) is 12.6. The van der Waals surface area contributed by atoms with Gasteiger partial charge in [0, 0.05) is 5.92 Å². The quantitative estimate of drug-likeness (QED) is 0.665. The van der Waals surface area contributed by atoms with Crippen molar-refractivity contribution in [3.63, 3.8) is 0 Å². The van der Waals surface area contributed by atoms with E-state index in [2.05, 4.69) is 17.4 Å². The molecule has 1 fully saturated rings. The van der Waals surface area contributed by atoms with Gasteiger partial charge in [0.2, 0.25) is 0 Å². The van der Waals surface area contributed by atoms with Crippen LogP contribution in [0.1, 0.15) is 43.4 Å². The molecule has 0 amide bonds. The molecule has 2 heterocycles. The number of thiocarbonyl (C=S) groups is 1. The Bertz CT molecular complexity index is 557. The van der Waals surface area contributed by atoms with Crippen LogP contribution in [0.3, 0.4) is 0 Å². The van der Waals surface area contributed by atoms with Crippen molar-refractivity contribution in [3.8, 4) is 0 Å². The van der Waals surface area contributed by atoms with Gasteiger partial charge in [-0.15, -0.1) is 0 Å². The van der Waals surface area contributed by atoms with Gasteiger partial charge in [0.15, 0.2) is 0 Å². The van der Waals surface area contributed by atoms with Crippen LogP contribution in [-0.4, -0.2) is 17.6 Å². The molecule has 3 nitrogen and oxygen atoms in total. The molecule has 3 unspecified atom stereocenters. The maximum Gasteiger partial charge on any atom is 0.314 e. The lowest BCUT2D eigenvalue weighted by atomic mass is 9.62. The van der Waals surface area contributed by atoms with Crippen molar-refractivity contribution in [3.05, 3.63) is 35.4 Å². The highest BCUT2D eigenvalue weighted by Gasteiger charge is 2.54. The average molecular weight is 275 g/mol. The predicted molar refractivity (Wildman–Crippen MR) is 77.0 cm³/mol. The zero-order valence-corrected chi connectivity index (χ0v) is 11.9. The summed E-state index contributed by atoms with van der Waals surface area (Å²) in [5.74, 6) is 0.000101. The SMILES string of the molecule is CCOC(=O)C1(C)CC2C(=S)NC1c1ccccc12. The Labute approximate surface area is 118 Å². The normalized spacial score (nSPS) is 31.6. The van der Waals surface area contributed by atoms with Crippen LogP contribution in [0.5, 0.6) is 0 Å².